The largest absolute Gasteiger partial charge is 0.482 e. The first kappa shape index (κ1) is 17.9. The molecule has 24 heavy (non-hydrogen) atoms. The average Bonchev–Trinajstić information content (AvgIpc) is 3.02. The number of rotatable bonds is 8. The Bertz CT molecular complexity index is 682. The van der Waals surface area contributed by atoms with Crippen molar-refractivity contribution in [2.45, 2.75) is 33.3 Å². The predicted octanol–water partition coefficient (Wildman–Crippen LogP) is 3.79. The van der Waals surface area contributed by atoms with Crippen LogP contribution in [0.15, 0.2) is 28.8 Å². The molecule has 7 heteroatoms. The number of hydrogen-bond donors (Lipinski definition) is 0. The summed E-state index contributed by atoms with van der Waals surface area (Å²) in [6.45, 7) is 5.17. The Morgan fingerprint density at radius 2 is 1.92 bits per heavy atom. The van der Waals surface area contributed by atoms with Crippen molar-refractivity contribution in [3.8, 4) is 5.75 Å². The van der Waals surface area contributed by atoms with E-state index < -0.39 is 11.6 Å². The van der Waals surface area contributed by atoms with Gasteiger partial charge in [0.1, 0.15) is 12.4 Å². The number of aromatic nitrogens is 1. The first-order valence-corrected chi connectivity index (χ1v) is 7.87. The number of carbonyl (C=O) groups excluding carboxylic acids is 1. The molecule has 0 unspecified atom stereocenters. The third-order valence-corrected chi connectivity index (χ3v) is 3.32. The molecule has 1 heterocycles. The Balaban J connectivity index is 2.00. The van der Waals surface area contributed by atoms with E-state index in [1.54, 1.807) is 4.90 Å². The van der Waals surface area contributed by atoms with E-state index in [9.17, 15) is 13.6 Å². The minimum atomic E-state index is -0.803. The van der Waals surface area contributed by atoms with Gasteiger partial charge in [0.15, 0.2) is 23.0 Å². The van der Waals surface area contributed by atoms with Crippen molar-refractivity contribution in [2.75, 3.05) is 13.1 Å². The second-order valence-corrected chi connectivity index (χ2v) is 5.33. The van der Waals surface area contributed by atoms with Crippen molar-refractivity contribution in [2.24, 2.45) is 0 Å². The summed E-state index contributed by atoms with van der Waals surface area (Å²) in [6.07, 6.45) is 1.70. The molecule has 1 aromatic carbocycles. The third-order valence-electron chi connectivity index (χ3n) is 3.32. The van der Waals surface area contributed by atoms with Gasteiger partial charge in [0.25, 0.3) is 5.91 Å². The van der Waals surface area contributed by atoms with E-state index in [-0.39, 0.29) is 29.7 Å². The van der Waals surface area contributed by atoms with Crippen molar-refractivity contribution in [1.29, 1.82) is 0 Å². The van der Waals surface area contributed by atoms with Crippen molar-refractivity contribution < 1.29 is 22.8 Å². The molecule has 0 bridgehead atoms. The van der Waals surface area contributed by atoms with Gasteiger partial charge in [0.2, 0.25) is 0 Å². The van der Waals surface area contributed by atoms with Gasteiger partial charge in [-0.3, -0.25) is 4.79 Å². The van der Waals surface area contributed by atoms with Crippen LogP contribution in [0.3, 0.4) is 0 Å². The molecule has 0 saturated heterocycles. The maximum Gasteiger partial charge on any atom is 0.276 e. The van der Waals surface area contributed by atoms with Crippen molar-refractivity contribution in [3.05, 3.63) is 47.4 Å². The molecule has 0 aliphatic heterocycles. The summed E-state index contributed by atoms with van der Waals surface area (Å²) in [5.74, 6) is -1.50. The summed E-state index contributed by atoms with van der Waals surface area (Å²) < 4.78 is 36.6. The minimum absolute atomic E-state index is 0.0979. The normalized spacial score (nSPS) is 10.7. The van der Waals surface area contributed by atoms with E-state index in [1.165, 1.54) is 12.1 Å². The number of amides is 1. The maximum atomic E-state index is 13.5. The monoisotopic (exact) mass is 338 g/mol. The van der Waals surface area contributed by atoms with Gasteiger partial charge < -0.3 is 14.2 Å². The lowest BCUT2D eigenvalue weighted by molar-refractivity contribution is 0.0745. The molecule has 0 aliphatic carbocycles. The first-order chi connectivity index (χ1) is 11.5. The highest BCUT2D eigenvalue weighted by atomic mass is 19.1. The maximum absolute atomic E-state index is 13.5. The molecule has 1 aromatic heterocycles. The fourth-order valence-electron chi connectivity index (χ4n) is 2.24. The summed E-state index contributed by atoms with van der Waals surface area (Å²) in [6, 6.07) is 4.50. The molecule has 0 radical (unpaired) electrons. The zero-order valence-electron chi connectivity index (χ0n) is 13.7. The van der Waals surface area contributed by atoms with Crippen LogP contribution in [0.25, 0.3) is 0 Å². The zero-order chi connectivity index (χ0) is 17.5. The molecule has 5 nitrogen and oxygen atoms in total. The molecule has 0 saturated carbocycles. The van der Waals surface area contributed by atoms with E-state index in [1.807, 2.05) is 13.8 Å². The molecular formula is C17H20F2N2O3. The van der Waals surface area contributed by atoms with Crippen molar-refractivity contribution in [3.63, 3.8) is 0 Å². The van der Waals surface area contributed by atoms with E-state index in [0.29, 0.717) is 13.1 Å². The van der Waals surface area contributed by atoms with Crippen LogP contribution in [0, 0.1) is 11.6 Å². The van der Waals surface area contributed by atoms with Gasteiger partial charge in [-0.15, -0.1) is 0 Å². The quantitative estimate of drug-likeness (QED) is 0.735. The van der Waals surface area contributed by atoms with Gasteiger partial charge in [0.05, 0.1) is 0 Å². The molecule has 0 fully saturated rings. The number of ether oxygens (including phenoxy) is 1. The van der Waals surface area contributed by atoms with Crippen LogP contribution >= 0.6 is 0 Å². The number of nitrogens with zero attached hydrogens (tertiary/aromatic N) is 2. The van der Waals surface area contributed by atoms with Gasteiger partial charge in [-0.1, -0.05) is 19.0 Å². The van der Waals surface area contributed by atoms with Crippen LogP contribution < -0.4 is 4.74 Å². The molecule has 0 aliphatic rings. The lowest BCUT2D eigenvalue weighted by Gasteiger charge is -2.19. The lowest BCUT2D eigenvalue weighted by Crippen LogP contribution is -2.32. The third kappa shape index (κ3) is 4.53. The van der Waals surface area contributed by atoms with Crippen LogP contribution in [0.2, 0.25) is 0 Å². The second kappa shape index (κ2) is 8.42. The smallest absolute Gasteiger partial charge is 0.276 e. The number of halogens is 2. The molecule has 1 amide bonds. The highest BCUT2D eigenvalue weighted by Crippen LogP contribution is 2.19. The minimum Gasteiger partial charge on any atom is -0.482 e. The number of hydrogen-bond acceptors (Lipinski definition) is 4. The van der Waals surface area contributed by atoms with E-state index in [4.69, 9.17) is 9.26 Å². The van der Waals surface area contributed by atoms with Crippen molar-refractivity contribution in [1.82, 2.24) is 10.1 Å². The molecule has 2 aromatic rings. The first-order valence-electron chi connectivity index (χ1n) is 7.87. The van der Waals surface area contributed by atoms with Crippen LogP contribution in [0.1, 0.15) is 42.9 Å². The molecular weight excluding hydrogens is 318 g/mol. The average molecular weight is 338 g/mol. The van der Waals surface area contributed by atoms with Crippen LogP contribution in [-0.2, 0) is 6.61 Å². The summed E-state index contributed by atoms with van der Waals surface area (Å²) in [4.78, 5) is 14.1. The van der Waals surface area contributed by atoms with Crippen LogP contribution in [0.5, 0.6) is 5.75 Å². The highest BCUT2D eigenvalue weighted by molar-refractivity contribution is 5.92. The standard InChI is InChI=1S/C17H20F2N2O3/c1-3-7-21(8-4-2)17(22)15-10-13(24-20-15)11-23-16-6-5-12(18)9-14(16)19/h5-6,9-10H,3-4,7-8,11H2,1-2H3. The predicted molar refractivity (Wildman–Crippen MR) is 83.7 cm³/mol. The zero-order valence-corrected chi connectivity index (χ0v) is 13.7. The lowest BCUT2D eigenvalue weighted by atomic mass is 10.3. The topological polar surface area (TPSA) is 55.6 Å². The molecule has 2 rings (SSSR count). The van der Waals surface area contributed by atoms with Gasteiger partial charge >= 0.3 is 0 Å². The van der Waals surface area contributed by atoms with Gasteiger partial charge in [-0.25, -0.2) is 8.78 Å². The van der Waals surface area contributed by atoms with E-state index >= 15 is 0 Å². The summed E-state index contributed by atoms with van der Waals surface area (Å²) in [5.41, 5.74) is 0.190. The molecule has 0 spiro atoms. The molecule has 130 valence electrons. The SMILES string of the molecule is CCCN(CCC)C(=O)c1cc(COc2ccc(F)cc2F)on1. The Morgan fingerprint density at radius 3 is 2.54 bits per heavy atom. The fraction of sp³-hybridized carbons (Fsp3) is 0.412. The van der Waals surface area contributed by atoms with Crippen molar-refractivity contribution >= 4 is 5.91 Å². The Labute approximate surface area is 139 Å². The van der Waals surface area contributed by atoms with Crippen LogP contribution in [-0.4, -0.2) is 29.1 Å². The number of carbonyl (C=O) groups is 1. The molecule has 0 N–H and O–H groups in total. The summed E-state index contributed by atoms with van der Waals surface area (Å²) in [5, 5.41) is 3.75. The van der Waals surface area contributed by atoms with Gasteiger partial charge in [-0.2, -0.15) is 0 Å². The van der Waals surface area contributed by atoms with E-state index in [0.717, 1.165) is 25.0 Å². The molecule has 0 atom stereocenters. The van der Waals surface area contributed by atoms with E-state index in [2.05, 4.69) is 5.16 Å². The summed E-state index contributed by atoms with van der Waals surface area (Å²) in [7, 11) is 0. The Morgan fingerprint density at radius 1 is 1.21 bits per heavy atom. The van der Waals surface area contributed by atoms with Gasteiger partial charge in [0, 0.05) is 25.2 Å². The van der Waals surface area contributed by atoms with Gasteiger partial charge in [-0.05, 0) is 25.0 Å². The highest BCUT2D eigenvalue weighted by Gasteiger charge is 2.19. The van der Waals surface area contributed by atoms with Crippen LogP contribution in [0.4, 0.5) is 8.78 Å². The Hall–Kier alpha value is -2.44. The Kier molecular flexibility index (Phi) is 6.28. The summed E-state index contributed by atoms with van der Waals surface area (Å²) >= 11 is 0. The number of benzene rings is 1. The fourth-order valence-corrected chi connectivity index (χ4v) is 2.24. The second-order valence-electron chi connectivity index (χ2n) is 5.33.